The van der Waals surface area contributed by atoms with Gasteiger partial charge in [0.25, 0.3) is 0 Å². The number of carbonyl (C=O) groups excluding carboxylic acids is 1. The summed E-state index contributed by atoms with van der Waals surface area (Å²) in [5, 5.41) is 12.6. The molecule has 0 heterocycles. The molecular weight excluding hydrogens is 323 g/mol. The fourth-order valence-electron chi connectivity index (χ4n) is 2.64. The van der Waals surface area contributed by atoms with E-state index >= 15 is 0 Å². The van der Waals surface area contributed by atoms with Crippen LogP contribution in [-0.4, -0.2) is 18.3 Å². The Hall–Kier alpha value is -2.60. The van der Waals surface area contributed by atoms with Gasteiger partial charge in [0.1, 0.15) is 18.2 Å². The van der Waals surface area contributed by atoms with Gasteiger partial charge >= 0.3 is 6.03 Å². The monoisotopic (exact) mass is 346 g/mol. The normalized spacial score (nSPS) is 10.5. The molecule has 2 aromatic carbocycles. The minimum Gasteiger partial charge on any atom is -0.488 e. The Balaban J connectivity index is 2.30. The fraction of sp³-hybridized carbons (Fsp3) is 0.316. The van der Waals surface area contributed by atoms with Crippen LogP contribution in [0.15, 0.2) is 30.3 Å². The lowest BCUT2D eigenvalue weighted by molar-refractivity contribution is 0.205. The molecule has 0 saturated carbocycles. The van der Waals surface area contributed by atoms with Crippen molar-refractivity contribution in [2.75, 3.05) is 12.1 Å². The smallest absolute Gasteiger partial charge is 0.345 e. The molecule has 6 heteroatoms. The quantitative estimate of drug-likeness (QED) is 0.632. The highest BCUT2D eigenvalue weighted by Gasteiger charge is 2.19. The van der Waals surface area contributed by atoms with Gasteiger partial charge in [0.15, 0.2) is 0 Å². The van der Waals surface area contributed by atoms with Gasteiger partial charge in [0.2, 0.25) is 0 Å². The zero-order chi connectivity index (χ0) is 18.6. The molecule has 2 amide bonds. The molecule has 134 valence electrons. The summed E-state index contributed by atoms with van der Waals surface area (Å²) in [6, 6.07) is 7.35. The van der Waals surface area contributed by atoms with E-state index in [-0.39, 0.29) is 17.9 Å². The third-order valence-corrected chi connectivity index (χ3v) is 4.11. The van der Waals surface area contributed by atoms with E-state index in [1.54, 1.807) is 0 Å². The van der Waals surface area contributed by atoms with Gasteiger partial charge in [-0.25, -0.2) is 9.18 Å². The van der Waals surface area contributed by atoms with Gasteiger partial charge in [-0.3, -0.25) is 5.21 Å². The highest BCUT2D eigenvalue weighted by atomic mass is 19.1. The molecule has 2 N–H and O–H groups in total. The van der Waals surface area contributed by atoms with Crippen molar-refractivity contribution in [1.82, 2.24) is 5.32 Å². The molecule has 0 spiro atoms. The van der Waals surface area contributed by atoms with Crippen LogP contribution in [0.2, 0.25) is 0 Å². The Bertz CT molecular complexity index is 778. The lowest BCUT2D eigenvalue weighted by Crippen LogP contribution is -2.36. The summed E-state index contributed by atoms with van der Waals surface area (Å²) in [6.45, 7) is 5.91. The maximum Gasteiger partial charge on any atom is 0.345 e. The van der Waals surface area contributed by atoms with E-state index in [4.69, 9.17) is 4.74 Å². The maximum absolute atomic E-state index is 14.2. The van der Waals surface area contributed by atoms with Crippen molar-refractivity contribution < 1.29 is 19.1 Å². The Kier molecular flexibility index (Phi) is 5.98. The predicted molar refractivity (Wildman–Crippen MR) is 94.7 cm³/mol. The van der Waals surface area contributed by atoms with E-state index in [0.717, 1.165) is 17.5 Å². The Morgan fingerprint density at radius 3 is 2.64 bits per heavy atom. The molecule has 0 aliphatic heterocycles. The molecule has 0 saturated heterocycles. The van der Waals surface area contributed by atoms with Crippen LogP contribution in [0, 0.1) is 19.7 Å². The van der Waals surface area contributed by atoms with Gasteiger partial charge in [0, 0.05) is 7.05 Å². The Morgan fingerprint density at radius 2 is 2.00 bits per heavy atom. The van der Waals surface area contributed by atoms with Crippen LogP contribution in [0.25, 0.3) is 0 Å². The summed E-state index contributed by atoms with van der Waals surface area (Å²) in [7, 11) is 1.38. The average molecular weight is 346 g/mol. The minimum atomic E-state index is -0.758. The van der Waals surface area contributed by atoms with E-state index in [1.807, 2.05) is 19.9 Å². The molecule has 0 aliphatic rings. The van der Waals surface area contributed by atoms with Crippen LogP contribution in [0.4, 0.5) is 14.9 Å². The number of urea groups is 1. The number of rotatable bonds is 5. The van der Waals surface area contributed by atoms with Gasteiger partial charge in [0.05, 0.1) is 11.3 Å². The molecule has 25 heavy (non-hydrogen) atoms. The second-order valence-electron chi connectivity index (χ2n) is 5.79. The van der Waals surface area contributed by atoms with Crippen molar-refractivity contribution in [3.05, 3.63) is 58.4 Å². The summed E-state index contributed by atoms with van der Waals surface area (Å²) >= 11 is 0. The molecule has 0 aliphatic carbocycles. The van der Waals surface area contributed by atoms with E-state index < -0.39 is 11.8 Å². The van der Waals surface area contributed by atoms with Crippen molar-refractivity contribution in [3.8, 4) is 5.75 Å². The molecule has 0 unspecified atom stereocenters. The topological polar surface area (TPSA) is 61.8 Å². The van der Waals surface area contributed by atoms with Crippen LogP contribution in [0.1, 0.15) is 29.2 Å². The first kappa shape index (κ1) is 18.7. The summed E-state index contributed by atoms with van der Waals surface area (Å²) in [5.74, 6) is 0.0911. The van der Waals surface area contributed by atoms with Crippen molar-refractivity contribution in [2.24, 2.45) is 0 Å². The van der Waals surface area contributed by atoms with Crippen molar-refractivity contribution >= 4 is 11.7 Å². The first-order valence-electron chi connectivity index (χ1n) is 8.10. The summed E-state index contributed by atoms with van der Waals surface area (Å²) in [6.07, 6.45) is 0.927. The molecule has 2 rings (SSSR count). The standard InChI is InChI=1S/C19H23FN2O3/c1-5-14-9-13(3)18(10-12(14)2)25-11-15-16(20)7-6-8-17(15)22(24)19(23)21-4/h6-10,24H,5,11H2,1-4H3,(H,21,23). The third kappa shape index (κ3) is 4.09. The molecule has 0 fully saturated rings. The number of nitrogens with one attached hydrogen (secondary N) is 1. The molecule has 0 bridgehead atoms. The highest BCUT2D eigenvalue weighted by Crippen LogP contribution is 2.27. The van der Waals surface area contributed by atoms with Crippen molar-refractivity contribution in [3.63, 3.8) is 0 Å². The van der Waals surface area contributed by atoms with E-state index in [9.17, 15) is 14.4 Å². The van der Waals surface area contributed by atoms with E-state index in [2.05, 4.69) is 18.3 Å². The molecule has 5 nitrogen and oxygen atoms in total. The average Bonchev–Trinajstić information content (AvgIpc) is 2.61. The van der Waals surface area contributed by atoms with Gasteiger partial charge in [-0.1, -0.05) is 19.1 Å². The molecular formula is C19H23FN2O3. The number of aryl methyl sites for hydroxylation is 3. The number of hydroxylamine groups is 1. The molecule has 2 aromatic rings. The number of anilines is 1. The fourth-order valence-corrected chi connectivity index (χ4v) is 2.64. The lowest BCUT2D eigenvalue weighted by Gasteiger charge is -2.19. The third-order valence-electron chi connectivity index (χ3n) is 4.11. The van der Waals surface area contributed by atoms with Crippen LogP contribution in [0.3, 0.4) is 0 Å². The zero-order valence-corrected chi connectivity index (χ0v) is 14.9. The van der Waals surface area contributed by atoms with Gasteiger partial charge in [-0.05, 0) is 55.2 Å². The number of carbonyl (C=O) groups is 1. The largest absolute Gasteiger partial charge is 0.488 e. The van der Waals surface area contributed by atoms with Crippen LogP contribution in [0.5, 0.6) is 5.75 Å². The minimum absolute atomic E-state index is 0.0407. The van der Waals surface area contributed by atoms with Crippen LogP contribution >= 0.6 is 0 Å². The summed E-state index contributed by atoms with van der Waals surface area (Å²) in [5.41, 5.74) is 3.43. The number of benzene rings is 2. The second kappa shape index (κ2) is 7.98. The Labute approximate surface area is 147 Å². The number of hydrogen-bond donors (Lipinski definition) is 2. The number of nitrogens with zero attached hydrogens (tertiary/aromatic N) is 1. The van der Waals surface area contributed by atoms with Crippen molar-refractivity contribution in [1.29, 1.82) is 0 Å². The van der Waals surface area contributed by atoms with E-state index in [0.29, 0.717) is 10.8 Å². The van der Waals surface area contributed by atoms with Crippen molar-refractivity contribution in [2.45, 2.75) is 33.8 Å². The SMILES string of the molecule is CCc1cc(C)c(OCc2c(F)cccc2N(O)C(=O)NC)cc1C. The predicted octanol–water partition coefficient (Wildman–Crippen LogP) is 4.12. The number of amides is 2. The molecule has 0 aromatic heterocycles. The molecule has 0 radical (unpaired) electrons. The summed E-state index contributed by atoms with van der Waals surface area (Å²) < 4.78 is 20.0. The van der Waals surface area contributed by atoms with Crippen LogP contribution < -0.4 is 15.1 Å². The van der Waals surface area contributed by atoms with Crippen LogP contribution in [-0.2, 0) is 13.0 Å². The number of ether oxygens (including phenoxy) is 1. The van der Waals surface area contributed by atoms with Gasteiger partial charge < -0.3 is 10.1 Å². The highest BCUT2D eigenvalue weighted by molar-refractivity contribution is 5.90. The summed E-state index contributed by atoms with van der Waals surface area (Å²) in [4.78, 5) is 11.6. The Morgan fingerprint density at radius 1 is 1.28 bits per heavy atom. The molecule has 0 atom stereocenters. The number of halogens is 1. The lowest BCUT2D eigenvalue weighted by atomic mass is 10.0. The van der Waals surface area contributed by atoms with Gasteiger partial charge in [-0.15, -0.1) is 0 Å². The number of hydrogen-bond acceptors (Lipinski definition) is 3. The maximum atomic E-state index is 14.2. The van der Waals surface area contributed by atoms with Gasteiger partial charge in [-0.2, -0.15) is 5.06 Å². The first-order valence-corrected chi connectivity index (χ1v) is 8.10. The van der Waals surface area contributed by atoms with E-state index in [1.165, 1.54) is 30.8 Å². The first-order chi connectivity index (χ1) is 11.9. The zero-order valence-electron chi connectivity index (χ0n) is 14.9. The second-order valence-corrected chi connectivity index (χ2v) is 5.79.